The van der Waals surface area contributed by atoms with Crippen LogP contribution in [0.4, 0.5) is 0 Å². The van der Waals surface area contributed by atoms with E-state index in [0.717, 1.165) is 24.5 Å². The van der Waals surface area contributed by atoms with Gasteiger partial charge in [-0.25, -0.2) is 0 Å². The van der Waals surface area contributed by atoms with Crippen LogP contribution in [0.1, 0.15) is 24.2 Å². The maximum absolute atomic E-state index is 6.06. The van der Waals surface area contributed by atoms with Crippen LogP contribution in [-0.2, 0) is 6.54 Å². The van der Waals surface area contributed by atoms with Gasteiger partial charge in [0.15, 0.2) is 0 Å². The van der Waals surface area contributed by atoms with E-state index in [1.165, 1.54) is 5.56 Å². The van der Waals surface area contributed by atoms with E-state index in [2.05, 4.69) is 23.4 Å². The average molecular weight is 294 g/mol. The second kappa shape index (κ2) is 6.77. The Labute approximate surface area is 124 Å². The van der Waals surface area contributed by atoms with Gasteiger partial charge in [0.25, 0.3) is 0 Å². The molecule has 1 aromatic heterocycles. The lowest BCUT2D eigenvalue weighted by atomic mass is 10.1. The van der Waals surface area contributed by atoms with Crippen LogP contribution in [0.3, 0.4) is 0 Å². The number of methoxy groups -OCH3 is 1. The molecular weight excluding hydrogens is 274 g/mol. The van der Waals surface area contributed by atoms with Gasteiger partial charge in [-0.3, -0.25) is 4.68 Å². The van der Waals surface area contributed by atoms with Crippen molar-refractivity contribution in [1.29, 1.82) is 0 Å². The molecule has 4 nitrogen and oxygen atoms in total. The lowest BCUT2D eigenvalue weighted by Gasteiger charge is -2.20. The molecule has 0 aliphatic carbocycles. The zero-order valence-electron chi connectivity index (χ0n) is 12.1. The minimum atomic E-state index is 0.171. The fourth-order valence-electron chi connectivity index (χ4n) is 2.17. The van der Waals surface area contributed by atoms with E-state index in [4.69, 9.17) is 16.3 Å². The molecular formula is C15H20ClN3O. The lowest BCUT2D eigenvalue weighted by Crippen LogP contribution is -2.26. The number of hydrogen-bond donors (Lipinski definition) is 1. The SMILES string of the molecule is CCNC(Cn1ncc(Cl)c1C)c1cccc(OC)c1. The summed E-state index contributed by atoms with van der Waals surface area (Å²) in [4.78, 5) is 0. The molecule has 0 aliphatic heterocycles. The van der Waals surface area contributed by atoms with Crippen molar-refractivity contribution in [2.24, 2.45) is 0 Å². The summed E-state index contributed by atoms with van der Waals surface area (Å²) in [6.45, 7) is 5.69. The molecule has 1 N–H and O–H groups in total. The van der Waals surface area contributed by atoms with Gasteiger partial charge < -0.3 is 10.1 Å². The first-order valence-corrected chi connectivity index (χ1v) is 7.08. The molecule has 0 saturated heterocycles. The third-order valence-corrected chi connectivity index (χ3v) is 3.72. The highest BCUT2D eigenvalue weighted by molar-refractivity contribution is 6.31. The minimum absolute atomic E-state index is 0.171. The fourth-order valence-corrected chi connectivity index (χ4v) is 2.31. The Morgan fingerprint density at radius 1 is 1.45 bits per heavy atom. The number of hydrogen-bond acceptors (Lipinski definition) is 3. The summed E-state index contributed by atoms with van der Waals surface area (Å²) < 4.78 is 7.22. The Kier molecular flexibility index (Phi) is 5.04. The van der Waals surface area contributed by atoms with Crippen LogP contribution < -0.4 is 10.1 Å². The first-order valence-electron chi connectivity index (χ1n) is 6.71. The normalized spacial score (nSPS) is 12.4. The number of benzene rings is 1. The molecule has 1 heterocycles. The molecule has 1 atom stereocenters. The Hall–Kier alpha value is -1.52. The summed E-state index contributed by atoms with van der Waals surface area (Å²) in [5.41, 5.74) is 2.16. The smallest absolute Gasteiger partial charge is 0.119 e. The molecule has 2 aromatic rings. The van der Waals surface area contributed by atoms with E-state index in [1.54, 1.807) is 13.3 Å². The highest BCUT2D eigenvalue weighted by atomic mass is 35.5. The highest BCUT2D eigenvalue weighted by Gasteiger charge is 2.14. The molecule has 0 amide bonds. The van der Waals surface area contributed by atoms with Crippen LogP contribution in [0.15, 0.2) is 30.5 Å². The first-order chi connectivity index (χ1) is 9.65. The van der Waals surface area contributed by atoms with E-state index in [0.29, 0.717) is 5.02 Å². The average Bonchev–Trinajstić information content (AvgIpc) is 2.79. The van der Waals surface area contributed by atoms with Gasteiger partial charge in [-0.2, -0.15) is 5.10 Å². The standard InChI is InChI=1S/C15H20ClN3O/c1-4-17-15(10-19-11(2)14(16)9-18-19)12-6-5-7-13(8-12)20-3/h5-9,15,17H,4,10H2,1-3H3. The van der Waals surface area contributed by atoms with Crippen LogP contribution in [-0.4, -0.2) is 23.4 Å². The van der Waals surface area contributed by atoms with Gasteiger partial charge in [0.05, 0.1) is 36.6 Å². The Bertz CT molecular complexity index is 568. The van der Waals surface area contributed by atoms with Gasteiger partial charge in [0.2, 0.25) is 0 Å². The number of ether oxygens (including phenoxy) is 1. The molecule has 0 saturated carbocycles. The molecule has 0 bridgehead atoms. The van der Waals surface area contributed by atoms with Crippen molar-refractivity contribution in [2.75, 3.05) is 13.7 Å². The van der Waals surface area contributed by atoms with Crippen LogP contribution in [0.2, 0.25) is 5.02 Å². The van der Waals surface area contributed by atoms with E-state index >= 15 is 0 Å². The monoisotopic (exact) mass is 293 g/mol. The van der Waals surface area contributed by atoms with E-state index < -0.39 is 0 Å². The van der Waals surface area contributed by atoms with Crippen molar-refractivity contribution >= 4 is 11.6 Å². The summed E-state index contributed by atoms with van der Waals surface area (Å²) >= 11 is 6.06. The number of nitrogens with one attached hydrogen (secondary N) is 1. The van der Waals surface area contributed by atoms with Crippen molar-refractivity contribution in [3.05, 3.63) is 46.7 Å². The predicted molar refractivity (Wildman–Crippen MR) is 81.4 cm³/mol. The molecule has 0 aliphatic rings. The second-order valence-electron chi connectivity index (χ2n) is 4.65. The zero-order chi connectivity index (χ0) is 14.5. The molecule has 0 fully saturated rings. The van der Waals surface area contributed by atoms with Gasteiger partial charge in [0.1, 0.15) is 5.75 Å². The van der Waals surface area contributed by atoms with E-state index in [9.17, 15) is 0 Å². The summed E-state index contributed by atoms with van der Waals surface area (Å²) in [6, 6.07) is 8.26. The molecule has 0 spiro atoms. The van der Waals surface area contributed by atoms with Crippen LogP contribution in [0.5, 0.6) is 5.75 Å². The number of nitrogens with zero attached hydrogens (tertiary/aromatic N) is 2. The number of aromatic nitrogens is 2. The number of rotatable bonds is 6. The van der Waals surface area contributed by atoms with Crippen LogP contribution >= 0.6 is 11.6 Å². The molecule has 108 valence electrons. The Morgan fingerprint density at radius 2 is 2.25 bits per heavy atom. The van der Waals surface area contributed by atoms with Crippen molar-refractivity contribution < 1.29 is 4.74 Å². The van der Waals surface area contributed by atoms with Gasteiger partial charge in [-0.1, -0.05) is 30.7 Å². The molecule has 2 rings (SSSR count). The molecule has 20 heavy (non-hydrogen) atoms. The quantitative estimate of drug-likeness (QED) is 0.889. The molecule has 5 heteroatoms. The number of halogens is 1. The predicted octanol–water partition coefficient (Wildman–Crippen LogP) is 3.20. The third-order valence-electron chi connectivity index (χ3n) is 3.35. The highest BCUT2D eigenvalue weighted by Crippen LogP contribution is 2.22. The Morgan fingerprint density at radius 3 is 2.85 bits per heavy atom. The second-order valence-corrected chi connectivity index (χ2v) is 5.05. The van der Waals surface area contributed by atoms with Gasteiger partial charge >= 0.3 is 0 Å². The van der Waals surface area contributed by atoms with Crippen LogP contribution in [0.25, 0.3) is 0 Å². The minimum Gasteiger partial charge on any atom is -0.497 e. The molecule has 1 aromatic carbocycles. The molecule has 1 unspecified atom stereocenters. The largest absolute Gasteiger partial charge is 0.497 e. The number of likely N-dealkylation sites (N-methyl/N-ethyl adjacent to an activating group) is 1. The zero-order valence-corrected chi connectivity index (χ0v) is 12.8. The van der Waals surface area contributed by atoms with Crippen molar-refractivity contribution in [1.82, 2.24) is 15.1 Å². The third kappa shape index (κ3) is 3.32. The maximum Gasteiger partial charge on any atom is 0.119 e. The Balaban J connectivity index is 2.24. The lowest BCUT2D eigenvalue weighted by molar-refractivity contribution is 0.409. The van der Waals surface area contributed by atoms with E-state index in [-0.39, 0.29) is 6.04 Å². The first kappa shape index (κ1) is 14.9. The van der Waals surface area contributed by atoms with Crippen molar-refractivity contribution in [3.63, 3.8) is 0 Å². The van der Waals surface area contributed by atoms with Crippen molar-refractivity contribution in [2.45, 2.75) is 26.4 Å². The fraction of sp³-hybridized carbons (Fsp3) is 0.400. The van der Waals surface area contributed by atoms with Crippen LogP contribution in [0, 0.1) is 6.92 Å². The van der Waals surface area contributed by atoms with Gasteiger partial charge in [0, 0.05) is 0 Å². The maximum atomic E-state index is 6.06. The molecule has 0 radical (unpaired) electrons. The summed E-state index contributed by atoms with van der Waals surface area (Å²) in [5.74, 6) is 0.862. The van der Waals surface area contributed by atoms with Crippen molar-refractivity contribution in [3.8, 4) is 5.75 Å². The summed E-state index contributed by atoms with van der Waals surface area (Å²) in [7, 11) is 1.68. The summed E-state index contributed by atoms with van der Waals surface area (Å²) in [6.07, 6.45) is 1.69. The summed E-state index contributed by atoms with van der Waals surface area (Å²) in [5, 5.41) is 8.49. The van der Waals surface area contributed by atoms with Gasteiger partial charge in [-0.05, 0) is 31.2 Å². The van der Waals surface area contributed by atoms with Gasteiger partial charge in [-0.15, -0.1) is 0 Å². The topological polar surface area (TPSA) is 39.1 Å². The van der Waals surface area contributed by atoms with E-state index in [1.807, 2.05) is 29.8 Å².